The highest BCUT2D eigenvalue weighted by molar-refractivity contribution is 8.39. The smallest absolute Gasteiger partial charge is 0.238 e. The van der Waals surface area contributed by atoms with Crippen LogP contribution >= 0.6 is 34.9 Å². The van der Waals surface area contributed by atoms with E-state index in [-0.39, 0.29) is 11.2 Å². The molecule has 122 valence electrons. The van der Waals surface area contributed by atoms with E-state index in [9.17, 15) is 10.1 Å². The molecule has 1 aliphatic heterocycles. The van der Waals surface area contributed by atoms with Gasteiger partial charge in [0.05, 0.1) is 17.4 Å². The minimum absolute atomic E-state index is 0.0434. The molecule has 0 bridgehead atoms. The normalized spacial score (nSPS) is 18.5. The third-order valence-corrected chi connectivity index (χ3v) is 7.48. The zero-order valence-corrected chi connectivity index (χ0v) is 15.5. The van der Waals surface area contributed by atoms with Crippen LogP contribution in [0.2, 0.25) is 0 Å². The molecular formula is C16H19N3OS3. The summed E-state index contributed by atoms with van der Waals surface area (Å²) in [5, 5.41) is 13.0. The van der Waals surface area contributed by atoms with Gasteiger partial charge in [0.1, 0.15) is 15.4 Å². The molecule has 0 unspecified atom stereocenters. The lowest BCUT2D eigenvalue weighted by molar-refractivity contribution is -0.115. The number of nitriles is 1. The molecular weight excluding hydrogens is 346 g/mol. The maximum Gasteiger partial charge on any atom is 0.238 e. The summed E-state index contributed by atoms with van der Waals surface area (Å²) in [7, 11) is 0. The van der Waals surface area contributed by atoms with Crippen molar-refractivity contribution in [3.05, 3.63) is 16.0 Å². The Balaban J connectivity index is 1.72. The highest BCUT2D eigenvalue weighted by Gasteiger charge is 2.24. The molecule has 1 aromatic rings. The zero-order chi connectivity index (χ0) is 16.2. The summed E-state index contributed by atoms with van der Waals surface area (Å²) < 4.78 is 0.995. The van der Waals surface area contributed by atoms with Crippen molar-refractivity contribution in [2.24, 2.45) is 4.99 Å². The van der Waals surface area contributed by atoms with E-state index in [1.54, 1.807) is 23.1 Å². The number of carbonyl (C=O) groups is 1. The summed E-state index contributed by atoms with van der Waals surface area (Å²) in [6.45, 7) is 2.74. The number of thiophene rings is 1. The molecule has 2 aliphatic rings. The minimum Gasteiger partial charge on any atom is -0.316 e. The lowest BCUT2D eigenvalue weighted by Crippen LogP contribution is -2.23. The molecule has 3 rings (SSSR count). The lowest BCUT2D eigenvalue weighted by atomic mass is 10.1. The Kier molecular flexibility index (Phi) is 5.67. The summed E-state index contributed by atoms with van der Waals surface area (Å²) in [6, 6.07) is 2.31. The second-order valence-electron chi connectivity index (χ2n) is 5.63. The average molecular weight is 366 g/mol. The number of hydrogen-bond donors (Lipinski definition) is 1. The number of thioether (sulfide) groups is 2. The first kappa shape index (κ1) is 16.9. The monoisotopic (exact) mass is 365 g/mol. The predicted octanol–water partition coefficient (Wildman–Crippen LogP) is 4.05. The molecule has 0 saturated heterocycles. The fourth-order valence-corrected chi connectivity index (χ4v) is 6.13. The summed E-state index contributed by atoms with van der Waals surface area (Å²) in [4.78, 5) is 18.1. The van der Waals surface area contributed by atoms with Crippen LogP contribution in [0.4, 0.5) is 5.00 Å². The molecule has 2 heterocycles. The molecule has 1 amide bonds. The molecule has 1 atom stereocenters. The van der Waals surface area contributed by atoms with Gasteiger partial charge in [0, 0.05) is 10.6 Å². The van der Waals surface area contributed by atoms with Crippen molar-refractivity contribution >= 4 is 50.1 Å². The highest BCUT2D eigenvalue weighted by Crippen LogP contribution is 2.37. The Bertz CT molecular complexity index is 675. The second kappa shape index (κ2) is 7.73. The number of aryl methyl sites for hydroxylation is 1. The van der Waals surface area contributed by atoms with Crippen molar-refractivity contribution in [1.82, 2.24) is 0 Å². The van der Waals surface area contributed by atoms with Crippen LogP contribution in [0.1, 0.15) is 42.2 Å². The second-order valence-corrected chi connectivity index (χ2v) is 9.40. The summed E-state index contributed by atoms with van der Waals surface area (Å²) in [6.07, 6.45) is 5.52. The van der Waals surface area contributed by atoms with Gasteiger partial charge in [0.2, 0.25) is 5.91 Å². The molecule has 0 fully saturated rings. The van der Waals surface area contributed by atoms with Gasteiger partial charge < -0.3 is 5.32 Å². The van der Waals surface area contributed by atoms with Gasteiger partial charge in [-0.3, -0.25) is 9.79 Å². The van der Waals surface area contributed by atoms with E-state index in [1.807, 2.05) is 6.92 Å². The molecule has 7 heteroatoms. The number of carbonyl (C=O) groups excluding carboxylic acids is 1. The van der Waals surface area contributed by atoms with Crippen LogP contribution in [-0.2, 0) is 17.6 Å². The number of anilines is 1. The van der Waals surface area contributed by atoms with Crippen molar-refractivity contribution < 1.29 is 4.79 Å². The number of nitrogens with zero attached hydrogens (tertiary/aromatic N) is 2. The van der Waals surface area contributed by atoms with Gasteiger partial charge in [-0.25, -0.2) is 0 Å². The van der Waals surface area contributed by atoms with Crippen molar-refractivity contribution in [3.8, 4) is 6.07 Å². The van der Waals surface area contributed by atoms with Crippen LogP contribution in [0.3, 0.4) is 0 Å². The van der Waals surface area contributed by atoms with E-state index in [2.05, 4.69) is 16.4 Å². The van der Waals surface area contributed by atoms with E-state index in [4.69, 9.17) is 0 Å². The molecule has 23 heavy (non-hydrogen) atoms. The first-order valence-electron chi connectivity index (χ1n) is 7.88. The van der Waals surface area contributed by atoms with Crippen LogP contribution in [0.15, 0.2) is 4.99 Å². The zero-order valence-electron chi connectivity index (χ0n) is 13.1. The standard InChI is InChI=1S/C16H19N3OS3/c1-10(22-16-18-7-8-21-16)14(20)19-15-12(9-17)11-5-3-2-4-6-13(11)23-15/h10H,2-8H2,1H3,(H,19,20)/t10-/m1/s1. The first-order chi connectivity index (χ1) is 11.2. The molecule has 0 spiro atoms. The van der Waals surface area contributed by atoms with E-state index >= 15 is 0 Å². The average Bonchev–Trinajstić information content (AvgIpc) is 3.09. The van der Waals surface area contributed by atoms with Crippen molar-refractivity contribution in [1.29, 1.82) is 5.26 Å². The van der Waals surface area contributed by atoms with Crippen molar-refractivity contribution in [2.45, 2.75) is 44.3 Å². The summed E-state index contributed by atoms with van der Waals surface area (Å²) >= 11 is 4.81. The van der Waals surface area contributed by atoms with E-state index < -0.39 is 0 Å². The van der Waals surface area contributed by atoms with Gasteiger partial charge >= 0.3 is 0 Å². The van der Waals surface area contributed by atoms with Crippen LogP contribution in [-0.4, -0.2) is 27.8 Å². The maximum atomic E-state index is 12.5. The molecule has 1 aromatic heterocycles. The van der Waals surface area contributed by atoms with Gasteiger partial charge in [0.25, 0.3) is 0 Å². The maximum absolute atomic E-state index is 12.5. The lowest BCUT2D eigenvalue weighted by Gasteiger charge is -2.10. The molecule has 0 saturated carbocycles. The highest BCUT2D eigenvalue weighted by atomic mass is 32.2. The van der Waals surface area contributed by atoms with Gasteiger partial charge in [-0.2, -0.15) is 5.26 Å². The van der Waals surface area contributed by atoms with Crippen LogP contribution in [0.5, 0.6) is 0 Å². The van der Waals surface area contributed by atoms with E-state index in [1.165, 1.54) is 35.0 Å². The Morgan fingerprint density at radius 1 is 1.39 bits per heavy atom. The third kappa shape index (κ3) is 3.93. The van der Waals surface area contributed by atoms with Gasteiger partial charge in [-0.1, -0.05) is 29.9 Å². The fourth-order valence-electron chi connectivity index (χ4n) is 2.75. The molecule has 0 aromatic carbocycles. The Hall–Kier alpha value is -0.970. The summed E-state index contributed by atoms with van der Waals surface area (Å²) in [5.74, 6) is 0.963. The predicted molar refractivity (Wildman–Crippen MR) is 101 cm³/mol. The molecule has 4 nitrogen and oxygen atoms in total. The molecule has 1 aliphatic carbocycles. The van der Waals surface area contributed by atoms with Gasteiger partial charge in [-0.15, -0.1) is 11.3 Å². The van der Waals surface area contributed by atoms with Gasteiger partial charge in [0.15, 0.2) is 0 Å². The largest absolute Gasteiger partial charge is 0.316 e. The number of amides is 1. The SMILES string of the molecule is C[C@@H](SC1=NCCS1)C(=O)Nc1sc2c(c1C#N)CCCCC2. The fraction of sp³-hybridized carbons (Fsp3) is 0.562. The topological polar surface area (TPSA) is 65.2 Å². The number of rotatable bonds is 3. The van der Waals surface area contributed by atoms with Crippen LogP contribution < -0.4 is 5.32 Å². The van der Waals surface area contributed by atoms with Crippen molar-refractivity contribution in [3.63, 3.8) is 0 Å². The Morgan fingerprint density at radius 2 is 2.22 bits per heavy atom. The molecule has 1 N–H and O–H groups in total. The number of fused-ring (bicyclic) bond motifs is 1. The van der Waals surface area contributed by atoms with E-state index in [0.29, 0.717) is 5.56 Å². The van der Waals surface area contributed by atoms with E-state index in [0.717, 1.165) is 40.9 Å². The number of hydrogen-bond acceptors (Lipinski definition) is 6. The minimum atomic E-state index is -0.201. The number of nitrogens with one attached hydrogen (secondary N) is 1. The first-order valence-corrected chi connectivity index (χ1v) is 10.6. The number of aliphatic imine (C=N–C) groups is 1. The van der Waals surface area contributed by atoms with Gasteiger partial charge in [-0.05, 0) is 38.2 Å². The Morgan fingerprint density at radius 3 is 2.96 bits per heavy atom. The third-order valence-electron chi connectivity index (χ3n) is 3.97. The van der Waals surface area contributed by atoms with Crippen molar-refractivity contribution in [2.75, 3.05) is 17.6 Å². The molecule has 0 radical (unpaired) electrons. The van der Waals surface area contributed by atoms with Crippen LogP contribution in [0, 0.1) is 11.3 Å². The quantitative estimate of drug-likeness (QED) is 0.821. The Labute approximate surface area is 149 Å². The van der Waals surface area contributed by atoms with Crippen LogP contribution in [0.25, 0.3) is 0 Å². The summed E-state index contributed by atoms with van der Waals surface area (Å²) in [5.41, 5.74) is 1.85.